The number of rotatable bonds is 5. The molecule has 0 saturated carbocycles. The monoisotopic (exact) mass is 300 g/mol. The summed E-state index contributed by atoms with van der Waals surface area (Å²) in [6.07, 6.45) is -1.80. The van der Waals surface area contributed by atoms with Gasteiger partial charge in [0.1, 0.15) is 12.1 Å². The fraction of sp³-hybridized carbons (Fsp3) is 0.429. The predicted octanol–water partition coefficient (Wildman–Crippen LogP) is 3.46. The number of unbranched alkanes of at least 4 members (excludes halogenated alkanes) is 1. The second-order valence-electron chi connectivity index (χ2n) is 4.69. The molecule has 0 aliphatic heterocycles. The first kappa shape index (κ1) is 15.3. The zero-order chi connectivity index (χ0) is 15.5. The van der Waals surface area contributed by atoms with Crippen LogP contribution in [0.3, 0.4) is 0 Å². The molecule has 2 aromatic rings. The van der Waals surface area contributed by atoms with Gasteiger partial charge in [-0.05, 0) is 24.6 Å². The van der Waals surface area contributed by atoms with Gasteiger partial charge in [-0.15, -0.1) is 0 Å². The fourth-order valence-corrected chi connectivity index (χ4v) is 1.83. The highest BCUT2D eigenvalue weighted by molar-refractivity contribution is 5.97. The van der Waals surface area contributed by atoms with E-state index in [0.717, 1.165) is 12.8 Å². The number of amides is 1. The van der Waals surface area contributed by atoms with Gasteiger partial charge in [0.25, 0.3) is 5.91 Å². The molecule has 0 aliphatic carbocycles. The van der Waals surface area contributed by atoms with Gasteiger partial charge in [0, 0.05) is 12.0 Å². The highest BCUT2D eigenvalue weighted by atomic mass is 19.4. The third-order valence-electron chi connectivity index (χ3n) is 2.89. The average Bonchev–Trinajstić information content (AvgIpc) is 2.83. The molecule has 1 N–H and O–H groups in total. The number of oxazole rings is 1. The summed E-state index contributed by atoms with van der Waals surface area (Å²) in [5.74, 6) is -0.222. The number of nitrogens with zero attached hydrogens (tertiary/aromatic N) is 1. The van der Waals surface area contributed by atoms with E-state index in [1.165, 1.54) is 12.1 Å². The summed E-state index contributed by atoms with van der Waals surface area (Å²) in [7, 11) is 0. The van der Waals surface area contributed by atoms with E-state index in [2.05, 4.69) is 4.98 Å². The van der Waals surface area contributed by atoms with Crippen LogP contribution in [0.2, 0.25) is 0 Å². The van der Waals surface area contributed by atoms with E-state index < -0.39 is 18.6 Å². The summed E-state index contributed by atoms with van der Waals surface area (Å²) in [5.41, 5.74) is 1.11. The lowest BCUT2D eigenvalue weighted by atomic mass is 10.2. The summed E-state index contributed by atoms with van der Waals surface area (Å²) < 4.78 is 41.7. The second-order valence-corrected chi connectivity index (χ2v) is 4.69. The number of fused-ring (bicyclic) bond motifs is 1. The van der Waals surface area contributed by atoms with Crippen molar-refractivity contribution < 1.29 is 22.4 Å². The van der Waals surface area contributed by atoms with E-state index in [9.17, 15) is 18.0 Å². The number of nitrogens with one attached hydrogen (secondary N) is 1. The summed E-state index contributed by atoms with van der Waals surface area (Å²) >= 11 is 0. The minimum Gasteiger partial charge on any atom is -0.441 e. The molecule has 0 unspecified atom stereocenters. The lowest BCUT2D eigenvalue weighted by molar-refractivity contribution is -0.123. The summed E-state index contributed by atoms with van der Waals surface area (Å²) in [6.45, 7) is 0.688. The van der Waals surface area contributed by atoms with E-state index in [1.54, 1.807) is 6.07 Å². The number of carbonyl (C=O) groups is 1. The van der Waals surface area contributed by atoms with Crippen molar-refractivity contribution in [3.63, 3.8) is 0 Å². The van der Waals surface area contributed by atoms with Crippen LogP contribution in [0.4, 0.5) is 13.2 Å². The molecule has 0 radical (unpaired) electrons. The maximum atomic E-state index is 12.1. The van der Waals surface area contributed by atoms with Crippen LogP contribution in [-0.2, 0) is 6.42 Å². The smallest absolute Gasteiger partial charge is 0.405 e. The first-order valence-electron chi connectivity index (χ1n) is 6.63. The Morgan fingerprint density at radius 2 is 2.14 bits per heavy atom. The first-order valence-corrected chi connectivity index (χ1v) is 6.63. The zero-order valence-corrected chi connectivity index (χ0v) is 11.5. The summed E-state index contributed by atoms with van der Waals surface area (Å²) in [4.78, 5) is 15.9. The molecule has 1 heterocycles. The van der Waals surface area contributed by atoms with Crippen molar-refractivity contribution in [3.8, 4) is 0 Å². The Morgan fingerprint density at radius 1 is 1.38 bits per heavy atom. The van der Waals surface area contributed by atoms with Crippen molar-refractivity contribution >= 4 is 17.0 Å². The summed E-state index contributed by atoms with van der Waals surface area (Å²) in [6, 6.07) is 4.40. The quantitative estimate of drug-likeness (QED) is 0.920. The van der Waals surface area contributed by atoms with Gasteiger partial charge in [-0.1, -0.05) is 13.3 Å². The maximum absolute atomic E-state index is 12.1. The van der Waals surface area contributed by atoms with Crippen molar-refractivity contribution in [2.45, 2.75) is 32.4 Å². The standard InChI is InChI=1S/C14H15F3N2O2/c1-2-3-4-12-19-10-6-5-9(7-11(10)21-12)13(20)18-8-14(15,16)17/h5-7H,2-4,8H2,1H3,(H,18,20). The molecule has 0 fully saturated rings. The molecule has 0 aliphatic rings. The first-order chi connectivity index (χ1) is 9.89. The van der Waals surface area contributed by atoms with Crippen LogP contribution >= 0.6 is 0 Å². The van der Waals surface area contributed by atoms with Crippen LogP contribution in [0, 0.1) is 0 Å². The van der Waals surface area contributed by atoms with E-state index in [1.807, 2.05) is 12.2 Å². The lowest BCUT2D eigenvalue weighted by Gasteiger charge is -2.07. The molecular weight excluding hydrogens is 285 g/mol. The van der Waals surface area contributed by atoms with Crippen molar-refractivity contribution in [2.75, 3.05) is 6.54 Å². The van der Waals surface area contributed by atoms with Crippen LogP contribution in [0.5, 0.6) is 0 Å². The summed E-state index contributed by atoms with van der Waals surface area (Å²) in [5, 5.41) is 1.82. The molecule has 0 spiro atoms. The lowest BCUT2D eigenvalue weighted by Crippen LogP contribution is -2.33. The van der Waals surface area contributed by atoms with Crippen molar-refractivity contribution in [2.24, 2.45) is 0 Å². The molecule has 7 heteroatoms. The number of carbonyl (C=O) groups excluding carboxylic acids is 1. The van der Waals surface area contributed by atoms with E-state index in [4.69, 9.17) is 4.42 Å². The zero-order valence-electron chi connectivity index (χ0n) is 11.5. The Balaban J connectivity index is 2.12. The Labute approximate surface area is 119 Å². The largest absolute Gasteiger partial charge is 0.441 e. The Morgan fingerprint density at radius 3 is 2.81 bits per heavy atom. The van der Waals surface area contributed by atoms with Gasteiger partial charge in [-0.3, -0.25) is 4.79 Å². The van der Waals surface area contributed by atoms with Crippen LogP contribution in [0.25, 0.3) is 11.1 Å². The molecular formula is C14H15F3N2O2. The van der Waals surface area contributed by atoms with Crippen LogP contribution in [0.1, 0.15) is 36.0 Å². The number of hydrogen-bond acceptors (Lipinski definition) is 3. The predicted molar refractivity (Wildman–Crippen MR) is 71.0 cm³/mol. The van der Waals surface area contributed by atoms with E-state index >= 15 is 0 Å². The van der Waals surface area contributed by atoms with Crippen LogP contribution in [0.15, 0.2) is 22.6 Å². The van der Waals surface area contributed by atoms with E-state index in [0.29, 0.717) is 23.4 Å². The van der Waals surface area contributed by atoms with E-state index in [-0.39, 0.29) is 5.56 Å². The van der Waals surface area contributed by atoms with Gasteiger partial charge in [-0.2, -0.15) is 13.2 Å². The number of benzene rings is 1. The number of halogens is 3. The highest BCUT2D eigenvalue weighted by Crippen LogP contribution is 2.19. The van der Waals surface area contributed by atoms with Gasteiger partial charge in [0.15, 0.2) is 11.5 Å². The highest BCUT2D eigenvalue weighted by Gasteiger charge is 2.28. The van der Waals surface area contributed by atoms with Gasteiger partial charge in [0.2, 0.25) is 0 Å². The average molecular weight is 300 g/mol. The van der Waals surface area contributed by atoms with Crippen molar-refractivity contribution in [3.05, 3.63) is 29.7 Å². The van der Waals surface area contributed by atoms with Gasteiger partial charge in [-0.25, -0.2) is 4.98 Å². The molecule has 1 aromatic heterocycles. The number of hydrogen-bond donors (Lipinski definition) is 1. The van der Waals surface area contributed by atoms with Gasteiger partial charge >= 0.3 is 6.18 Å². The maximum Gasteiger partial charge on any atom is 0.405 e. The van der Waals surface area contributed by atoms with Crippen LogP contribution < -0.4 is 5.32 Å². The molecule has 0 saturated heterocycles. The number of aryl methyl sites for hydroxylation is 1. The van der Waals surface area contributed by atoms with Gasteiger partial charge < -0.3 is 9.73 Å². The minimum absolute atomic E-state index is 0.116. The molecule has 2 rings (SSSR count). The third-order valence-corrected chi connectivity index (χ3v) is 2.89. The topological polar surface area (TPSA) is 55.1 Å². The van der Waals surface area contributed by atoms with Crippen molar-refractivity contribution in [1.29, 1.82) is 0 Å². The molecule has 0 bridgehead atoms. The molecule has 1 amide bonds. The fourth-order valence-electron chi connectivity index (χ4n) is 1.83. The Kier molecular flexibility index (Phi) is 4.50. The third kappa shape index (κ3) is 4.21. The Bertz CT molecular complexity index is 635. The molecule has 0 atom stereocenters. The van der Waals surface area contributed by atoms with Crippen LogP contribution in [-0.4, -0.2) is 23.6 Å². The number of alkyl halides is 3. The van der Waals surface area contributed by atoms with Gasteiger partial charge in [0.05, 0.1) is 0 Å². The molecule has 21 heavy (non-hydrogen) atoms. The number of aromatic nitrogens is 1. The SMILES string of the molecule is CCCCc1nc2ccc(C(=O)NCC(F)(F)F)cc2o1. The molecule has 114 valence electrons. The molecule has 4 nitrogen and oxygen atoms in total. The Hall–Kier alpha value is -2.05. The normalized spacial score (nSPS) is 11.8. The minimum atomic E-state index is -4.43. The molecule has 1 aromatic carbocycles. The van der Waals surface area contributed by atoms with Crippen molar-refractivity contribution in [1.82, 2.24) is 10.3 Å². The second kappa shape index (κ2) is 6.15.